The molecule has 4 rings (SSSR count). The van der Waals surface area contributed by atoms with Crippen LogP contribution in [0.4, 0.5) is 0 Å². The average molecular weight is 677 g/mol. The monoisotopic (exact) mass is 677 g/mol. The zero-order valence-electron chi connectivity index (χ0n) is 18.3. The van der Waals surface area contributed by atoms with Crippen LogP contribution in [0, 0.1) is 14.1 Å². The van der Waals surface area contributed by atoms with Crippen LogP contribution < -0.4 is 14.9 Å². The molecule has 4 aromatic rings. The molecular weight excluding hydrogens is 656 g/mol. The third-order valence-corrected chi connectivity index (χ3v) is 6.45. The molecule has 0 aliphatic carbocycles. The number of hydrazone groups is 1. The Morgan fingerprint density at radius 3 is 2.59 bits per heavy atom. The van der Waals surface area contributed by atoms with Crippen molar-refractivity contribution in [3.63, 3.8) is 0 Å². The van der Waals surface area contributed by atoms with E-state index in [1.807, 2.05) is 42.5 Å². The Kier molecular flexibility index (Phi) is 8.33. The maximum atomic E-state index is 12.2. The summed E-state index contributed by atoms with van der Waals surface area (Å²) in [5, 5.41) is 5.02. The zero-order chi connectivity index (χ0) is 23.9. The normalized spacial score (nSPS) is 11.0. The van der Waals surface area contributed by atoms with E-state index < -0.39 is 0 Å². The van der Waals surface area contributed by atoms with Gasteiger partial charge in [-0.3, -0.25) is 9.78 Å². The number of rotatable bonds is 8. The predicted octanol–water partition coefficient (Wildman–Crippen LogP) is 5.86. The summed E-state index contributed by atoms with van der Waals surface area (Å²) in [7, 11) is 0. The van der Waals surface area contributed by atoms with Crippen molar-refractivity contribution in [2.75, 3.05) is 6.61 Å². The van der Waals surface area contributed by atoms with Crippen LogP contribution in [-0.4, -0.2) is 23.7 Å². The molecule has 34 heavy (non-hydrogen) atoms. The fourth-order valence-electron chi connectivity index (χ4n) is 3.30. The van der Waals surface area contributed by atoms with E-state index in [4.69, 9.17) is 9.47 Å². The first-order valence-electron chi connectivity index (χ1n) is 10.5. The lowest BCUT2D eigenvalue weighted by atomic mass is 10.1. The third kappa shape index (κ3) is 6.44. The number of hydrogen-bond acceptors (Lipinski definition) is 5. The molecule has 0 spiro atoms. The number of pyridine rings is 1. The lowest BCUT2D eigenvalue weighted by Crippen LogP contribution is -2.24. The van der Waals surface area contributed by atoms with Gasteiger partial charge in [0.1, 0.15) is 23.6 Å². The Labute approximate surface area is 225 Å². The molecule has 3 aromatic carbocycles. The van der Waals surface area contributed by atoms with Gasteiger partial charge in [0.15, 0.2) is 6.61 Å². The van der Waals surface area contributed by atoms with E-state index in [-0.39, 0.29) is 12.5 Å². The summed E-state index contributed by atoms with van der Waals surface area (Å²) in [5.41, 5.74) is 6.41. The molecule has 6 nitrogen and oxygen atoms in total. The van der Waals surface area contributed by atoms with Crippen LogP contribution in [0.1, 0.15) is 16.7 Å². The number of aromatic nitrogens is 1. The average Bonchev–Trinajstić information content (AvgIpc) is 2.82. The summed E-state index contributed by atoms with van der Waals surface area (Å²) in [6.07, 6.45) is 3.30. The first kappa shape index (κ1) is 24.4. The number of nitrogens with one attached hydrogen (secondary N) is 1. The molecule has 0 fully saturated rings. The zero-order valence-corrected chi connectivity index (χ0v) is 22.6. The lowest BCUT2D eigenvalue weighted by molar-refractivity contribution is -0.123. The molecule has 8 heteroatoms. The van der Waals surface area contributed by atoms with Gasteiger partial charge in [-0.05, 0) is 87.5 Å². The maximum absolute atomic E-state index is 12.2. The van der Waals surface area contributed by atoms with Crippen molar-refractivity contribution in [2.24, 2.45) is 5.10 Å². The summed E-state index contributed by atoms with van der Waals surface area (Å²) in [6.45, 7) is 2.41. The molecule has 0 unspecified atom stereocenters. The second kappa shape index (κ2) is 11.6. The summed E-state index contributed by atoms with van der Waals surface area (Å²) in [4.78, 5) is 16.5. The standard InChI is InChI=1S/C26H21I2N3O3/c1-17-5-2-6-18(11-17)15-34-26-21(27)12-19(13-22(26)28)14-30-31-24(32)16-33-23-9-3-7-20-8-4-10-29-25(20)23/h2-14H,15-16H2,1H3,(H,31,32)/b30-14+. The van der Waals surface area contributed by atoms with E-state index in [2.05, 4.69) is 85.8 Å². The number of fused-ring (bicyclic) bond motifs is 1. The number of carbonyl (C=O) groups excluding carboxylic acids is 1. The molecule has 0 aliphatic rings. The highest BCUT2D eigenvalue weighted by molar-refractivity contribution is 14.1. The Balaban J connectivity index is 1.32. The smallest absolute Gasteiger partial charge is 0.277 e. The molecule has 0 bridgehead atoms. The number of nitrogens with zero attached hydrogens (tertiary/aromatic N) is 2. The van der Waals surface area contributed by atoms with Crippen molar-refractivity contribution in [2.45, 2.75) is 13.5 Å². The molecule has 1 amide bonds. The minimum absolute atomic E-state index is 0.159. The van der Waals surface area contributed by atoms with Crippen LogP contribution in [-0.2, 0) is 11.4 Å². The molecule has 0 atom stereocenters. The van der Waals surface area contributed by atoms with Gasteiger partial charge in [0.25, 0.3) is 5.91 Å². The SMILES string of the molecule is Cc1cccc(COc2c(I)cc(/C=N/NC(=O)COc3cccc4cccnc34)cc2I)c1. The number of carbonyl (C=O) groups is 1. The van der Waals surface area contributed by atoms with Gasteiger partial charge in [-0.25, -0.2) is 5.43 Å². The molecule has 0 saturated heterocycles. The second-order valence-electron chi connectivity index (χ2n) is 7.50. The van der Waals surface area contributed by atoms with Gasteiger partial charge in [-0.15, -0.1) is 0 Å². The van der Waals surface area contributed by atoms with Crippen molar-refractivity contribution in [1.82, 2.24) is 10.4 Å². The molecular formula is C26H21I2N3O3. The van der Waals surface area contributed by atoms with Crippen molar-refractivity contribution in [3.05, 3.63) is 96.8 Å². The van der Waals surface area contributed by atoms with E-state index >= 15 is 0 Å². The van der Waals surface area contributed by atoms with Gasteiger partial charge >= 0.3 is 0 Å². The number of halogens is 2. The van der Waals surface area contributed by atoms with Crippen LogP contribution in [0.3, 0.4) is 0 Å². The summed E-state index contributed by atoms with van der Waals surface area (Å²) in [5.74, 6) is 1.04. The number of para-hydroxylation sites is 1. The molecule has 0 radical (unpaired) electrons. The number of amides is 1. The van der Waals surface area contributed by atoms with Gasteiger partial charge in [0.2, 0.25) is 0 Å². The van der Waals surface area contributed by atoms with Gasteiger partial charge in [0.05, 0.1) is 13.4 Å². The summed E-state index contributed by atoms with van der Waals surface area (Å²) < 4.78 is 13.6. The van der Waals surface area contributed by atoms with E-state index in [0.717, 1.165) is 34.9 Å². The molecule has 172 valence electrons. The lowest BCUT2D eigenvalue weighted by Gasteiger charge is -2.12. The predicted molar refractivity (Wildman–Crippen MR) is 150 cm³/mol. The van der Waals surface area contributed by atoms with Crippen molar-refractivity contribution in [3.8, 4) is 11.5 Å². The Hall–Kier alpha value is -2.73. The Morgan fingerprint density at radius 1 is 1.03 bits per heavy atom. The van der Waals surface area contributed by atoms with Crippen molar-refractivity contribution < 1.29 is 14.3 Å². The topological polar surface area (TPSA) is 72.8 Å². The van der Waals surface area contributed by atoms with E-state index in [1.54, 1.807) is 18.5 Å². The van der Waals surface area contributed by atoms with Crippen LogP contribution in [0.5, 0.6) is 11.5 Å². The van der Waals surface area contributed by atoms with Crippen LogP contribution in [0.15, 0.2) is 78.0 Å². The van der Waals surface area contributed by atoms with Gasteiger partial charge in [-0.1, -0.05) is 48.0 Å². The highest BCUT2D eigenvalue weighted by atomic mass is 127. The van der Waals surface area contributed by atoms with Gasteiger partial charge < -0.3 is 9.47 Å². The first-order valence-corrected chi connectivity index (χ1v) is 12.6. The van der Waals surface area contributed by atoms with E-state index in [9.17, 15) is 4.79 Å². The van der Waals surface area contributed by atoms with Crippen LogP contribution >= 0.6 is 45.2 Å². The first-order chi connectivity index (χ1) is 16.5. The van der Waals surface area contributed by atoms with Gasteiger partial charge in [-0.2, -0.15) is 5.10 Å². The number of aryl methyl sites for hydroxylation is 1. The summed E-state index contributed by atoms with van der Waals surface area (Å²) in [6, 6.07) is 21.6. The van der Waals surface area contributed by atoms with Crippen LogP contribution in [0.2, 0.25) is 0 Å². The fraction of sp³-hybridized carbons (Fsp3) is 0.115. The molecule has 0 aliphatic heterocycles. The fourth-order valence-corrected chi connectivity index (χ4v) is 5.42. The van der Waals surface area contributed by atoms with Crippen molar-refractivity contribution >= 4 is 68.2 Å². The van der Waals surface area contributed by atoms with E-state index in [1.165, 1.54) is 5.56 Å². The second-order valence-corrected chi connectivity index (χ2v) is 9.83. The van der Waals surface area contributed by atoms with Gasteiger partial charge in [0, 0.05) is 11.6 Å². The van der Waals surface area contributed by atoms with Crippen LogP contribution in [0.25, 0.3) is 10.9 Å². The maximum Gasteiger partial charge on any atom is 0.277 e. The number of ether oxygens (including phenoxy) is 2. The largest absolute Gasteiger partial charge is 0.487 e. The highest BCUT2D eigenvalue weighted by Crippen LogP contribution is 2.29. The third-order valence-electron chi connectivity index (χ3n) is 4.84. The van der Waals surface area contributed by atoms with E-state index in [0.29, 0.717) is 12.4 Å². The number of benzene rings is 3. The summed E-state index contributed by atoms with van der Waals surface area (Å²) >= 11 is 4.50. The highest BCUT2D eigenvalue weighted by Gasteiger charge is 2.10. The molecule has 1 N–H and O–H groups in total. The Morgan fingerprint density at radius 2 is 1.79 bits per heavy atom. The molecule has 0 saturated carbocycles. The Bertz CT molecular complexity index is 1330. The quantitative estimate of drug-likeness (QED) is 0.144. The number of hydrogen-bond donors (Lipinski definition) is 1. The van der Waals surface area contributed by atoms with Crippen molar-refractivity contribution in [1.29, 1.82) is 0 Å². The molecule has 1 heterocycles. The minimum atomic E-state index is -0.355. The minimum Gasteiger partial charge on any atom is -0.487 e. The molecule has 1 aromatic heterocycles.